The number of nitrogens with one attached hydrogen (secondary N) is 1. The molecule has 1 heterocycles. The van der Waals surface area contributed by atoms with Crippen LogP contribution in [0.1, 0.15) is 26.0 Å². The summed E-state index contributed by atoms with van der Waals surface area (Å²) < 4.78 is 0. The van der Waals surface area contributed by atoms with Gasteiger partial charge in [-0.3, -0.25) is 4.79 Å². The Labute approximate surface area is 149 Å². The van der Waals surface area contributed by atoms with Crippen LogP contribution in [0.4, 0.5) is 0 Å². The maximum Gasteiger partial charge on any atom is 0.326 e. The van der Waals surface area contributed by atoms with Crippen LogP contribution in [0.2, 0.25) is 5.02 Å². The standard InChI is InChI=1S/C17H19ClN2O3S/c1-3-10(2)15(17(22)23)20-14(21)8-11-9-24-16(19-11)12-6-4-5-7-13(12)18/h4-7,9-10,15H,3,8H2,1-2H3,(H,20,21)(H,22,23)/t10-,15+/m1/s1. The molecular formula is C17H19ClN2O3S. The van der Waals surface area contributed by atoms with Crippen LogP contribution in [0.15, 0.2) is 29.6 Å². The van der Waals surface area contributed by atoms with Crippen molar-refractivity contribution in [2.75, 3.05) is 0 Å². The van der Waals surface area contributed by atoms with E-state index in [1.807, 2.05) is 25.1 Å². The Morgan fingerprint density at radius 3 is 2.71 bits per heavy atom. The number of hydrogen-bond acceptors (Lipinski definition) is 4. The molecule has 0 fully saturated rings. The highest BCUT2D eigenvalue weighted by atomic mass is 35.5. The van der Waals surface area contributed by atoms with Gasteiger partial charge in [0.1, 0.15) is 11.0 Å². The quantitative estimate of drug-likeness (QED) is 0.784. The summed E-state index contributed by atoms with van der Waals surface area (Å²) in [5.74, 6) is -1.51. The molecule has 0 aliphatic carbocycles. The fourth-order valence-electron chi connectivity index (χ4n) is 2.22. The number of carboxylic acid groups (broad SMARTS) is 1. The molecular weight excluding hydrogens is 348 g/mol. The SMILES string of the molecule is CC[C@@H](C)[C@H](NC(=O)Cc1csc(-c2ccccc2Cl)n1)C(=O)O. The van der Waals surface area contributed by atoms with Crippen molar-refractivity contribution < 1.29 is 14.7 Å². The molecule has 0 aliphatic rings. The van der Waals surface area contributed by atoms with Crippen molar-refractivity contribution in [3.05, 3.63) is 40.4 Å². The van der Waals surface area contributed by atoms with Crippen molar-refractivity contribution in [2.24, 2.45) is 5.92 Å². The van der Waals surface area contributed by atoms with Gasteiger partial charge in [0.25, 0.3) is 0 Å². The molecule has 0 aliphatic heterocycles. The molecule has 0 saturated heterocycles. The van der Waals surface area contributed by atoms with E-state index in [4.69, 9.17) is 11.6 Å². The number of carbonyl (C=O) groups excluding carboxylic acids is 1. The Hall–Kier alpha value is -1.92. The predicted molar refractivity (Wildman–Crippen MR) is 95.3 cm³/mol. The van der Waals surface area contributed by atoms with Crippen LogP contribution in [0, 0.1) is 5.92 Å². The van der Waals surface area contributed by atoms with Crippen LogP contribution >= 0.6 is 22.9 Å². The van der Waals surface area contributed by atoms with Crippen LogP contribution in [0.5, 0.6) is 0 Å². The lowest BCUT2D eigenvalue weighted by Crippen LogP contribution is -2.45. The Morgan fingerprint density at radius 2 is 2.08 bits per heavy atom. The van der Waals surface area contributed by atoms with Crippen molar-refractivity contribution in [3.63, 3.8) is 0 Å². The Bertz CT molecular complexity index is 732. The number of aromatic nitrogens is 1. The lowest BCUT2D eigenvalue weighted by molar-refractivity contribution is -0.143. The summed E-state index contributed by atoms with van der Waals surface area (Å²) in [5.41, 5.74) is 1.42. The Kier molecular flexibility index (Phi) is 6.34. The summed E-state index contributed by atoms with van der Waals surface area (Å²) in [4.78, 5) is 27.8. The monoisotopic (exact) mass is 366 g/mol. The van der Waals surface area contributed by atoms with Crippen LogP contribution in [-0.4, -0.2) is 28.0 Å². The lowest BCUT2D eigenvalue weighted by atomic mass is 9.99. The summed E-state index contributed by atoms with van der Waals surface area (Å²) in [5, 5.41) is 14.9. The minimum atomic E-state index is -1.02. The Balaban J connectivity index is 2.05. The van der Waals surface area contributed by atoms with E-state index in [0.717, 1.165) is 10.6 Å². The average Bonchev–Trinajstić information content (AvgIpc) is 3.00. The number of rotatable bonds is 7. The first kappa shape index (κ1) is 18.4. The third-order valence-corrected chi connectivity index (χ3v) is 5.05. The van der Waals surface area contributed by atoms with E-state index in [9.17, 15) is 14.7 Å². The number of benzene rings is 1. The number of halogens is 1. The molecule has 2 N–H and O–H groups in total. The maximum atomic E-state index is 12.1. The predicted octanol–water partition coefficient (Wildman–Crippen LogP) is 3.62. The molecule has 24 heavy (non-hydrogen) atoms. The highest BCUT2D eigenvalue weighted by molar-refractivity contribution is 7.13. The van der Waals surface area contributed by atoms with E-state index in [2.05, 4.69) is 10.3 Å². The summed E-state index contributed by atoms with van der Waals surface area (Å²) >= 11 is 7.55. The van der Waals surface area contributed by atoms with E-state index in [0.29, 0.717) is 17.1 Å². The van der Waals surface area contributed by atoms with Crippen molar-refractivity contribution in [3.8, 4) is 10.6 Å². The minimum absolute atomic E-state index is 0.0428. The van der Waals surface area contributed by atoms with E-state index in [1.54, 1.807) is 18.4 Å². The van der Waals surface area contributed by atoms with E-state index in [1.165, 1.54) is 11.3 Å². The summed E-state index contributed by atoms with van der Waals surface area (Å²) in [7, 11) is 0. The van der Waals surface area contributed by atoms with Gasteiger partial charge in [0.05, 0.1) is 17.1 Å². The summed E-state index contributed by atoms with van der Waals surface area (Å²) in [6.07, 6.45) is 0.714. The molecule has 0 saturated carbocycles. The number of nitrogens with zero attached hydrogens (tertiary/aromatic N) is 1. The normalized spacial score (nSPS) is 13.3. The molecule has 1 aromatic heterocycles. The number of thiazole rings is 1. The number of aliphatic carboxylic acids is 1. The van der Waals surface area contributed by atoms with Gasteiger partial charge in [-0.2, -0.15) is 0 Å². The first-order chi connectivity index (χ1) is 11.4. The van der Waals surface area contributed by atoms with Crippen LogP contribution in [0.3, 0.4) is 0 Å². The van der Waals surface area contributed by atoms with Gasteiger partial charge in [-0.15, -0.1) is 11.3 Å². The largest absolute Gasteiger partial charge is 0.480 e. The first-order valence-corrected chi connectivity index (χ1v) is 8.89. The van der Waals surface area contributed by atoms with Gasteiger partial charge in [-0.1, -0.05) is 50.1 Å². The van der Waals surface area contributed by atoms with Gasteiger partial charge in [-0.25, -0.2) is 9.78 Å². The van der Waals surface area contributed by atoms with Gasteiger partial charge in [0.15, 0.2) is 0 Å². The zero-order valence-corrected chi connectivity index (χ0v) is 15.0. The van der Waals surface area contributed by atoms with E-state index in [-0.39, 0.29) is 18.2 Å². The molecule has 1 amide bonds. The van der Waals surface area contributed by atoms with Gasteiger partial charge < -0.3 is 10.4 Å². The second-order valence-corrected chi connectivity index (χ2v) is 6.83. The van der Waals surface area contributed by atoms with Crippen molar-refractivity contribution in [2.45, 2.75) is 32.7 Å². The fourth-order valence-corrected chi connectivity index (χ4v) is 3.36. The van der Waals surface area contributed by atoms with Crippen molar-refractivity contribution >= 4 is 34.8 Å². The second kappa shape index (κ2) is 8.26. The van der Waals surface area contributed by atoms with Gasteiger partial charge >= 0.3 is 5.97 Å². The van der Waals surface area contributed by atoms with Crippen LogP contribution < -0.4 is 5.32 Å². The number of hydrogen-bond donors (Lipinski definition) is 2. The van der Waals surface area contributed by atoms with Crippen molar-refractivity contribution in [1.29, 1.82) is 0 Å². The third-order valence-electron chi connectivity index (χ3n) is 3.79. The highest BCUT2D eigenvalue weighted by Gasteiger charge is 2.25. The smallest absolute Gasteiger partial charge is 0.326 e. The molecule has 2 aromatic rings. The molecule has 0 radical (unpaired) electrons. The molecule has 1 aromatic carbocycles. The molecule has 0 spiro atoms. The highest BCUT2D eigenvalue weighted by Crippen LogP contribution is 2.30. The van der Waals surface area contributed by atoms with E-state index < -0.39 is 12.0 Å². The van der Waals surface area contributed by atoms with Gasteiger partial charge in [-0.05, 0) is 12.0 Å². The molecule has 0 unspecified atom stereocenters. The van der Waals surface area contributed by atoms with E-state index >= 15 is 0 Å². The maximum absolute atomic E-state index is 12.1. The van der Waals surface area contributed by atoms with Gasteiger partial charge in [0.2, 0.25) is 5.91 Å². The number of carboxylic acids is 1. The molecule has 128 valence electrons. The summed E-state index contributed by atoms with van der Waals surface area (Å²) in [6.45, 7) is 3.69. The number of carbonyl (C=O) groups is 2. The second-order valence-electron chi connectivity index (χ2n) is 5.57. The third kappa shape index (κ3) is 4.55. The number of amides is 1. The lowest BCUT2D eigenvalue weighted by Gasteiger charge is -2.19. The van der Waals surface area contributed by atoms with Crippen LogP contribution in [0.25, 0.3) is 10.6 Å². The topological polar surface area (TPSA) is 79.3 Å². The zero-order valence-electron chi connectivity index (χ0n) is 13.5. The van der Waals surface area contributed by atoms with Gasteiger partial charge in [0, 0.05) is 10.9 Å². The first-order valence-electron chi connectivity index (χ1n) is 7.63. The molecule has 2 rings (SSSR count). The average molecular weight is 367 g/mol. The molecule has 5 nitrogen and oxygen atoms in total. The zero-order chi connectivity index (χ0) is 17.7. The Morgan fingerprint density at radius 1 is 1.38 bits per heavy atom. The molecule has 7 heteroatoms. The van der Waals surface area contributed by atoms with Crippen LogP contribution in [-0.2, 0) is 16.0 Å². The molecule has 0 bridgehead atoms. The van der Waals surface area contributed by atoms with Crippen molar-refractivity contribution in [1.82, 2.24) is 10.3 Å². The summed E-state index contributed by atoms with van der Waals surface area (Å²) in [6, 6.07) is 6.49. The minimum Gasteiger partial charge on any atom is -0.480 e. The molecule has 2 atom stereocenters. The fraction of sp³-hybridized carbons (Fsp3) is 0.353.